The Morgan fingerprint density at radius 1 is 1.32 bits per heavy atom. The highest BCUT2D eigenvalue weighted by molar-refractivity contribution is 5.82. The van der Waals surface area contributed by atoms with Gasteiger partial charge in [0.25, 0.3) is 11.7 Å². The fourth-order valence-corrected chi connectivity index (χ4v) is 2.36. The Bertz CT molecular complexity index is 387. The molecule has 1 rings (SSSR count). The van der Waals surface area contributed by atoms with Gasteiger partial charge in [0, 0.05) is 19.5 Å². The minimum Gasteiger partial charge on any atom is -0.477 e. The molecule has 22 heavy (non-hydrogen) atoms. The van der Waals surface area contributed by atoms with Crippen LogP contribution < -0.4 is 6.15 Å². The van der Waals surface area contributed by atoms with Crippen LogP contribution in [0.3, 0.4) is 0 Å². The molecule has 9 nitrogen and oxygen atoms in total. The number of carboxylic acid groups (broad SMARTS) is 1. The zero-order valence-electron chi connectivity index (χ0n) is 12.9. The number of aliphatic hydroxyl groups excluding tert-OH is 2. The molecule has 0 bridgehead atoms. The molecule has 1 aliphatic heterocycles. The molecular weight excluding hydrogens is 296 g/mol. The van der Waals surface area contributed by atoms with Crippen molar-refractivity contribution in [2.75, 3.05) is 13.1 Å². The number of carbonyl (C=O) groups is 2. The van der Waals surface area contributed by atoms with Crippen molar-refractivity contribution in [3.8, 4) is 0 Å². The Balaban J connectivity index is 0.00000441. The van der Waals surface area contributed by atoms with Gasteiger partial charge in [-0.1, -0.05) is 13.8 Å². The number of hydrogen-bond acceptors (Lipinski definition) is 7. The minimum absolute atomic E-state index is 0. The standard InChI is InChI=1S/C13H23NO7.H3N/c1-3-5-14(6-4-2)11(17)9(16)10-8(15)7-13(20,21-10)12(18)19;/h8-10,15-16,20H,3-7H2,1-2H3,(H,18,19);1H3/t8-,9-,10-,13?;/m1./s1. The van der Waals surface area contributed by atoms with Gasteiger partial charge in [-0.25, -0.2) is 4.79 Å². The summed E-state index contributed by atoms with van der Waals surface area (Å²) < 4.78 is 4.82. The van der Waals surface area contributed by atoms with Gasteiger partial charge in [0.1, 0.15) is 6.10 Å². The molecule has 9 heteroatoms. The molecule has 4 atom stereocenters. The smallest absolute Gasteiger partial charge is 0.364 e. The van der Waals surface area contributed by atoms with Crippen LogP contribution in [0.5, 0.6) is 0 Å². The van der Waals surface area contributed by atoms with Crippen molar-refractivity contribution < 1.29 is 34.8 Å². The summed E-state index contributed by atoms with van der Waals surface area (Å²) >= 11 is 0. The van der Waals surface area contributed by atoms with Gasteiger partial charge in [-0.2, -0.15) is 0 Å². The fourth-order valence-electron chi connectivity index (χ4n) is 2.36. The molecule has 1 fully saturated rings. The van der Waals surface area contributed by atoms with Crippen LogP contribution in [0.15, 0.2) is 0 Å². The maximum Gasteiger partial charge on any atom is 0.364 e. The summed E-state index contributed by atoms with van der Waals surface area (Å²) in [4.78, 5) is 24.5. The lowest BCUT2D eigenvalue weighted by Gasteiger charge is -2.28. The summed E-state index contributed by atoms with van der Waals surface area (Å²) in [7, 11) is 0. The largest absolute Gasteiger partial charge is 0.477 e. The first-order valence-electron chi connectivity index (χ1n) is 7.05. The van der Waals surface area contributed by atoms with Gasteiger partial charge in [0.05, 0.1) is 6.10 Å². The second-order valence-electron chi connectivity index (χ2n) is 5.21. The second kappa shape index (κ2) is 8.39. The maximum absolute atomic E-state index is 12.2. The van der Waals surface area contributed by atoms with Gasteiger partial charge in [-0.15, -0.1) is 0 Å². The normalized spacial score (nSPS) is 28.8. The maximum atomic E-state index is 12.2. The molecule has 7 N–H and O–H groups in total. The van der Waals surface area contributed by atoms with Gasteiger partial charge in [0.2, 0.25) is 0 Å². The molecule has 1 amide bonds. The molecule has 1 unspecified atom stereocenters. The van der Waals surface area contributed by atoms with Crippen molar-refractivity contribution in [1.82, 2.24) is 11.1 Å². The molecule has 0 aromatic heterocycles. The van der Waals surface area contributed by atoms with Crippen LogP contribution in [0, 0.1) is 0 Å². The number of rotatable bonds is 7. The molecule has 1 aliphatic rings. The Hall–Kier alpha value is -1.26. The van der Waals surface area contributed by atoms with Crippen molar-refractivity contribution in [3.05, 3.63) is 0 Å². The second-order valence-corrected chi connectivity index (χ2v) is 5.21. The lowest BCUT2D eigenvalue weighted by atomic mass is 10.0. The predicted octanol–water partition coefficient (Wildman–Crippen LogP) is -0.919. The summed E-state index contributed by atoms with van der Waals surface area (Å²) in [5, 5.41) is 38.3. The van der Waals surface area contributed by atoms with Crippen LogP contribution >= 0.6 is 0 Å². The Morgan fingerprint density at radius 3 is 2.18 bits per heavy atom. The molecule has 0 aromatic carbocycles. The molecule has 0 spiro atoms. The number of carbonyl (C=O) groups excluding carboxylic acids is 1. The molecule has 0 aliphatic carbocycles. The van der Waals surface area contributed by atoms with E-state index in [2.05, 4.69) is 0 Å². The highest BCUT2D eigenvalue weighted by atomic mass is 16.7. The van der Waals surface area contributed by atoms with Gasteiger partial charge in [-0.05, 0) is 12.8 Å². The van der Waals surface area contributed by atoms with E-state index in [0.29, 0.717) is 25.9 Å². The fraction of sp³-hybridized carbons (Fsp3) is 0.846. The molecule has 0 saturated carbocycles. The first-order valence-corrected chi connectivity index (χ1v) is 7.05. The summed E-state index contributed by atoms with van der Waals surface area (Å²) in [6.07, 6.45) is -3.81. The Morgan fingerprint density at radius 2 is 1.82 bits per heavy atom. The van der Waals surface area contributed by atoms with E-state index in [-0.39, 0.29) is 6.15 Å². The average Bonchev–Trinajstić information content (AvgIpc) is 2.73. The summed E-state index contributed by atoms with van der Waals surface area (Å²) in [5.41, 5.74) is 0. The van der Waals surface area contributed by atoms with Crippen LogP contribution in [0.1, 0.15) is 33.1 Å². The van der Waals surface area contributed by atoms with Crippen molar-refractivity contribution in [2.24, 2.45) is 0 Å². The monoisotopic (exact) mass is 322 g/mol. The number of nitrogens with zero attached hydrogens (tertiary/aromatic N) is 1. The van der Waals surface area contributed by atoms with E-state index in [4.69, 9.17) is 9.84 Å². The molecule has 1 heterocycles. The van der Waals surface area contributed by atoms with Crippen molar-refractivity contribution in [1.29, 1.82) is 0 Å². The van der Waals surface area contributed by atoms with Crippen LogP contribution in [0.4, 0.5) is 0 Å². The zero-order chi connectivity index (χ0) is 16.2. The summed E-state index contributed by atoms with van der Waals surface area (Å²) in [5.74, 6) is -4.88. The third-order valence-corrected chi connectivity index (χ3v) is 3.39. The zero-order valence-corrected chi connectivity index (χ0v) is 12.9. The molecule has 1 saturated heterocycles. The number of aliphatic carboxylic acids is 1. The number of ether oxygens (including phenoxy) is 1. The topological polar surface area (TPSA) is 163 Å². The number of hydrogen-bond donors (Lipinski definition) is 5. The molecule has 0 aromatic rings. The van der Waals surface area contributed by atoms with Gasteiger partial charge in [-0.3, -0.25) is 4.79 Å². The van der Waals surface area contributed by atoms with E-state index in [1.807, 2.05) is 13.8 Å². The van der Waals surface area contributed by atoms with Gasteiger partial charge >= 0.3 is 5.97 Å². The van der Waals surface area contributed by atoms with E-state index in [1.54, 1.807) is 0 Å². The quantitative estimate of drug-likeness (QED) is 0.402. The lowest BCUT2D eigenvalue weighted by molar-refractivity contribution is -0.225. The highest BCUT2D eigenvalue weighted by Crippen LogP contribution is 2.31. The molecule has 130 valence electrons. The summed E-state index contributed by atoms with van der Waals surface area (Å²) in [6, 6.07) is 0. The SMILES string of the molecule is CCCN(CCC)C(=O)[C@H](O)[C@@H]1OC(O)(C(=O)O)C[C@H]1O.N. The molecular formula is C13H26N2O7. The third kappa shape index (κ3) is 4.37. The average molecular weight is 322 g/mol. The van der Waals surface area contributed by atoms with E-state index >= 15 is 0 Å². The van der Waals surface area contributed by atoms with Crippen LogP contribution in [0.2, 0.25) is 0 Å². The third-order valence-electron chi connectivity index (χ3n) is 3.39. The van der Waals surface area contributed by atoms with Crippen LogP contribution in [-0.4, -0.2) is 74.4 Å². The van der Waals surface area contributed by atoms with Crippen LogP contribution in [-0.2, 0) is 14.3 Å². The minimum atomic E-state index is -2.58. The van der Waals surface area contributed by atoms with Gasteiger partial charge in [0.15, 0.2) is 6.10 Å². The number of aliphatic hydroxyl groups is 3. The molecule has 0 radical (unpaired) electrons. The predicted molar refractivity (Wildman–Crippen MR) is 76.3 cm³/mol. The highest BCUT2D eigenvalue weighted by Gasteiger charge is 2.54. The first kappa shape index (κ1) is 20.7. The Kier molecular flexibility index (Phi) is 7.91. The lowest BCUT2D eigenvalue weighted by Crippen LogP contribution is -2.49. The van der Waals surface area contributed by atoms with Crippen molar-refractivity contribution in [3.63, 3.8) is 0 Å². The van der Waals surface area contributed by atoms with Crippen molar-refractivity contribution >= 4 is 11.9 Å². The summed E-state index contributed by atoms with van der Waals surface area (Å²) in [6.45, 7) is 4.64. The number of carboxylic acids is 1. The van der Waals surface area contributed by atoms with E-state index < -0.39 is 42.4 Å². The van der Waals surface area contributed by atoms with E-state index in [9.17, 15) is 24.9 Å². The van der Waals surface area contributed by atoms with Crippen molar-refractivity contribution in [2.45, 2.75) is 57.2 Å². The Labute approximate surface area is 129 Å². The van der Waals surface area contributed by atoms with Crippen LogP contribution in [0.25, 0.3) is 0 Å². The number of amides is 1. The first-order chi connectivity index (χ1) is 9.76. The van der Waals surface area contributed by atoms with E-state index in [1.165, 1.54) is 4.90 Å². The van der Waals surface area contributed by atoms with Gasteiger partial charge < -0.3 is 36.2 Å². The van der Waals surface area contributed by atoms with E-state index in [0.717, 1.165) is 0 Å².